The van der Waals surface area contributed by atoms with Crippen molar-refractivity contribution in [1.82, 2.24) is 20.4 Å². The third-order valence-corrected chi connectivity index (χ3v) is 5.75. The van der Waals surface area contributed by atoms with Crippen molar-refractivity contribution in [2.24, 2.45) is 5.41 Å². The zero-order valence-electron chi connectivity index (χ0n) is 17.6. The molecule has 7 nitrogen and oxygen atoms in total. The summed E-state index contributed by atoms with van der Waals surface area (Å²) in [7, 11) is 0. The lowest BCUT2D eigenvalue weighted by Gasteiger charge is -2.41. The number of hydrogen-bond donors (Lipinski definition) is 1. The minimum absolute atomic E-state index is 0.0557. The van der Waals surface area contributed by atoms with Crippen molar-refractivity contribution in [1.29, 1.82) is 0 Å². The van der Waals surface area contributed by atoms with E-state index in [1.54, 1.807) is 29.4 Å². The summed E-state index contributed by atoms with van der Waals surface area (Å²) in [5.74, 6) is 0.501. The van der Waals surface area contributed by atoms with Crippen LogP contribution in [0, 0.1) is 5.41 Å². The third-order valence-electron chi connectivity index (χ3n) is 5.75. The van der Waals surface area contributed by atoms with E-state index in [4.69, 9.17) is 4.52 Å². The van der Waals surface area contributed by atoms with Crippen molar-refractivity contribution in [3.63, 3.8) is 0 Å². The highest BCUT2D eigenvalue weighted by atomic mass is 16.5. The molecule has 1 N–H and O–H groups in total. The van der Waals surface area contributed by atoms with Crippen LogP contribution in [0.25, 0.3) is 11.3 Å². The van der Waals surface area contributed by atoms with Gasteiger partial charge in [0.2, 0.25) is 5.91 Å². The molecule has 0 radical (unpaired) electrons. The van der Waals surface area contributed by atoms with E-state index >= 15 is 0 Å². The monoisotopic (exact) mass is 418 g/mol. The fourth-order valence-electron chi connectivity index (χ4n) is 4.21. The van der Waals surface area contributed by atoms with Crippen molar-refractivity contribution < 1.29 is 14.1 Å². The standard InChI is InChI=1S/C24H26N4O3/c1-2-26-23(30)24(16-20-15-21(27-31-20)18-7-4-3-5-8-18)11-6-14-28(17-24)22(29)19-9-12-25-13-10-19/h3-5,7-10,12-13,15H,2,6,11,14,16-17H2,1H3,(H,26,30)/t24-/m0/s1. The van der Waals surface area contributed by atoms with Gasteiger partial charge in [-0.1, -0.05) is 35.5 Å². The Labute approximate surface area is 181 Å². The molecule has 4 rings (SSSR count). The number of carbonyl (C=O) groups excluding carboxylic acids is 2. The first-order chi connectivity index (χ1) is 15.1. The number of benzene rings is 1. The lowest BCUT2D eigenvalue weighted by atomic mass is 9.75. The van der Waals surface area contributed by atoms with Gasteiger partial charge in [0.25, 0.3) is 5.91 Å². The minimum atomic E-state index is -0.759. The molecular formula is C24H26N4O3. The second-order valence-corrected chi connectivity index (χ2v) is 7.93. The normalized spacial score (nSPS) is 18.5. The van der Waals surface area contributed by atoms with Gasteiger partial charge in [-0.2, -0.15) is 0 Å². The van der Waals surface area contributed by atoms with Gasteiger partial charge in [0.1, 0.15) is 11.5 Å². The van der Waals surface area contributed by atoms with Gasteiger partial charge in [0, 0.05) is 55.6 Å². The molecule has 3 aromatic rings. The lowest BCUT2D eigenvalue weighted by molar-refractivity contribution is -0.133. The maximum absolute atomic E-state index is 13.2. The molecule has 31 heavy (non-hydrogen) atoms. The van der Waals surface area contributed by atoms with Crippen molar-refractivity contribution in [3.8, 4) is 11.3 Å². The van der Waals surface area contributed by atoms with E-state index in [9.17, 15) is 9.59 Å². The molecule has 1 atom stereocenters. The summed E-state index contributed by atoms with van der Waals surface area (Å²) in [4.78, 5) is 32.0. The SMILES string of the molecule is CCNC(=O)[C@]1(Cc2cc(-c3ccccc3)no2)CCCN(C(=O)c2ccncc2)C1. The quantitative estimate of drug-likeness (QED) is 0.663. The molecule has 0 bridgehead atoms. The molecule has 1 saturated heterocycles. The number of piperidine rings is 1. The van der Waals surface area contributed by atoms with Gasteiger partial charge in [-0.15, -0.1) is 0 Å². The highest BCUT2D eigenvalue weighted by Crippen LogP contribution is 2.35. The van der Waals surface area contributed by atoms with Crippen molar-refractivity contribution in [3.05, 3.63) is 72.2 Å². The molecule has 0 unspecified atom stereocenters. The Morgan fingerprint density at radius 1 is 1.16 bits per heavy atom. The molecule has 1 aliphatic heterocycles. The van der Waals surface area contributed by atoms with Gasteiger partial charge in [-0.05, 0) is 31.9 Å². The molecular weight excluding hydrogens is 392 g/mol. The number of pyridine rings is 1. The van der Waals surface area contributed by atoms with E-state index < -0.39 is 5.41 Å². The smallest absolute Gasteiger partial charge is 0.253 e. The van der Waals surface area contributed by atoms with Gasteiger partial charge < -0.3 is 14.7 Å². The van der Waals surface area contributed by atoms with Crippen LogP contribution >= 0.6 is 0 Å². The van der Waals surface area contributed by atoms with E-state index in [1.165, 1.54) is 0 Å². The van der Waals surface area contributed by atoms with Gasteiger partial charge in [-0.25, -0.2) is 0 Å². The number of aromatic nitrogens is 2. The predicted octanol–water partition coefficient (Wildman–Crippen LogP) is 3.34. The average Bonchev–Trinajstić information content (AvgIpc) is 3.28. The molecule has 160 valence electrons. The van der Waals surface area contributed by atoms with Crippen LogP contribution in [0.2, 0.25) is 0 Å². The van der Waals surface area contributed by atoms with Crippen molar-refractivity contribution in [2.75, 3.05) is 19.6 Å². The summed E-state index contributed by atoms with van der Waals surface area (Å²) in [6, 6.07) is 15.1. The average molecular weight is 418 g/mol. The lowest BCUT2D eigenvalue weighted by Crippen LogP contribution is -2.54. The molecule has 2 aromatic heterocycles. The number of nitrogens with one attached hydrogen (secondary N) is 1. The van der Waals surface area contributed by atoms with Crippen LogP contribution < -0.4 is 5.32 Å². The van der Waals surface area contributed by atoms with Crippen LogP contribution in [-0.2, 0) is 11.2 Å². The number of carbonyl (C=O) groups is 2. The zero-order chi connectivity index (χ0) is 21.7. The Kier molecular flexibility index (Phi) is 6.11. The van der Waals surface area contributed by atoms with Crippen molar-refractivity contribution in [2.45, 2.75) is 26.2 Å². The van der Waals surface area contributed by atoms with Crippen LogP contribution in [0.1, 0.15) is 35.9 Å². The van der Waals surface area contributed by atoms with Crippen LogP contribution in [-0.4, -0.2) is 46.5 Å². The van der Waals surface area contributed by atoms with Gasteiger partial charge in [0.15, 0.2) is 0 Å². The highest BCUT2D eigenvalue weighted by molar-refractivity contribution is 5.95. The Balaban J connectivity index is 1.59. The molecule has 7 heteroatoms. The number of hydrogen-bond acceptors (Lipinski definition) is 5. The molecule has 0 saturated carbocycles. The summed E-state index contributed by atoms with van der Waals surface area (Å²) in [5, 5.41) is 7.16. The van der Waals surface area contributed by atoms with Crippen LogP contribution in [0.15, 0.2) is 65.4 Å². The number of likely N-dealkylation sites (tertiary alicyclic amines) is 1. The number of rotatable bonds is 6. The van der Waals surface area contributed by atoms with Crippen LogP contribution in [0.5, 0.6) is 0 Å². The molecule has 1 aliphatic rings. The second-order valence-electron chi connectivity index (χ2n) is 7.93. The summed E-state index contributed by atoms with van der Waals surface area (Å²) in [6.07, 6.45) is 5.02. The summed E-state index contributed by atoms with van der Waals surface area (Å²) < 4.78 is 5.61. The molecule has 2 amide bonds. The van der Waals surface area contributed by atoms with E-state index in [1.807, 2.05) is 43.3 Å². The van der Waals surface area contributed by atoms with Crippen molar-refractivity contribution >= 4 is 11.8 Å². The first kappa shape index (κ1) is 20.8. The van der Waals surface area contributed by atoms with E-state index in [-0.39, 0.29) is 11.8 Å². The fourth-order valence-corrected chi connectivity index (χ4v) is 4.21. The Morgan fingerprint density at radius 2 is 1.94 bits per heavy atom. The molecule has 1 fully saturated rings. The summed E-state index contributed by atoms with van der Waals surface area (Å²) >= 11 is 0. The molecule has 0 spiro atoms. The zero-order valence-corrected chi connectivity index (χ0v) is 17.6. The predicted molar refractivity (Wildman–Crippen MR) is 116 cm³/mol. The third kappa shape index (κ3) is 4.50. The highest BCUT2D eigenvalue weighted by Gasteiger charge is 2.44. The maximum Gasteiger partial charge on any atom is 0.253 e. The number of amides is 2. The second kappa shape index (κ2) is 9.12. The van der Waals surface area contributed by atoms with Gasteiger partial charge in [-0.3, -0.25) is 14.6 Å². The molecule has 0 aliphatic carbocycles. The van der Waals surface area contributed by atoms with Crippen LogP contribution in [0.3, 0.4) is 0 Å². The summed E-state index contributed by atoms with van der Waals surface area (Å²) in [6.45, 7) is 3.39. The molecule has 3 heterocycles. The van der Waals surface area contributed by atoms with E-state index in [2.05, 4.69) is 15.5 Å². The molecule has 1 aromatic carbocycles. The topological polar surface area (TPSA) is 88.3 Å². The largest absolute Gasteiger partial charge is 0.361 e. The fraction of sp³-hybridized carbons (Fsp3) is 0.333. The first-order valence-electron chi connectivity index (χ1n) is 10.6. The van der Waals surface area contributed by atoms with E-state index in [0.717, 1.165) is 17.7 Å². The minimum Gasteiger partial charge on any atom is -0.361 e. The Bertz CT molecular complexity index is 1040. The van der Waals surface area contributed by atoms with E-state index in [0.29, 0.717) is 43.8 Å². The Hall–Kier alpha value is -3.48. The summed E-state index contributed by atoms with van der Waals surface area (Å²) in [5.41, 5.74) is 1.52. The number of nitrogens with zero attached hydrogens (tertiary/aromatic N) is 3. The maximum atomic E-state index is 13.2. The van der Waals surface area contributed by atoms with Gasteiger partial charge >= 0.3 is 0 Å². The van der Waals surface area contributed by atoms with Gasteiger partial charge in [0.05, 0.1) is 5.41 Å². The first-order valence-corrected chi connectivity index (χ1v) is 10.6. The van der Waals surface area contributed by atoms with Crippen LogP contribution in [0.4, 0.5) is 0 Å². The Morgan fingerprint density at radius 3 is 2.68 bits per heavy atom.